The first-order valence-electron chi connectivity index (χ1n) is 9.54. The number of amides is 3. The van der Waals surface area contributed by atoms with Crippen molar-refractivity contribution in [1.29, 1.82) is 5.26 Å². The van der Waals surface area contributed by atoms with Crippen LogP contribution in [-0.4, -0.2) is 64.3 Å². The molecule has 3 amide bonds. The summed E-state index contributed by atoms with van der Waals surface area (Å²) < 4.78 is 15.4. The smallest absolute Gasteiger partial charge is 0.320 e. The number of hydrazine groups is 1. The van der Waals surface area contributed by atoms with E-state index in [0.29, 0.717) is 38.3 Å². The standard InChI is InChI=1S/C20H24FN7O2/c1-14-17-12-27(20(30)23-16-4-5-18(21)15(10-16)11-22)7-6-19(17)24-28(14)9-8-25(2)26(3)13-29/h4-5,10,13H,6-9,12H2,1-3H3,(H,23,30). The zero-order chi connectivity index (χ0) is 21.8. The molecule has 0 saturated carbocycles. The Morgan fingerprint density at radius 1 is 1.43 bits per heavy atom. The number of fused-ring (bicyclic) bond motifs is 1. The Balaban J connectivity index is 1.66. The van der Waals surface area contributed by atoms with Crippen LogP contribution < -0.4 is 5.32 Å². The van der Waals surface area contributed by atoms with Crippen molar-refractivity contribution in [1.82, 2.24) is 24.7 Å². The minimum absolute atomic E-state index is 0.115. The Labute approximate surface area is 174 Å². The number of anilines is 1. The van der Waals surface area contributed by atoms with Gasteiger partial charge in [-0.15, -0.1) is 0 Å². The highest BCUT2D eigenvalue weighted by molar-refractivity contribution is 5.89. The third kappa shape index (κ3) is 4.41. The fourth-order valence-corrected chi connectivity index (χ4v) is 3.32. The number of benzene rings is 1. The molecule has 1 N–H and O–H groups in total. The van der Waals surface area contributed by atoms with E-state index in [2.05, 4.69) is 10.4 Å². The van der Waals surface area contributed by atoms with Gasteiger partial charge in [0.2, 0.25) is 6.41 Å². The number of nitrogens with zero attached hydrogens (tertiary/aromatic N) is 6. The molecule has 0 fully saturated rings. The number of nitrogens with one attached hydrogen (secondary N) is 1. The summed E-state index contributed by atoms with van der Waals surface area (Å²) >= 11 is 0. The van der Waals surface area contributed by atoms with Gasteiger partial charge >= 0.3 is 6.03 Å². The molecule has 1 aromatic heterocycles. The average Bonchev–Trinajstić information content (AvgIpc) is 3.07. The number of carbonyl (C=O) groups is 2. The van der Waals surface area contributed by atoms with Gasteiger partial charge in [0, 0.05) is 50.6 Å². The average molecular weight is 413 g/mol. The Bertz CT molecular complexity index is 998. The highest BCUT2D eigenvalue weighted by Crippen LogP contribution is 2.23. The van der Waals surface area contributed by atoms with Gasteiger partial charge in [-0.05, 0) is 25.1 Å². The van der Waals surface area contributed by atoms with Gasteiger partial charge in [-0.3, -0.25) is 14.5 Å². The summed E-state index contributed by atoms with van der Waals surface area (Å²) in [5, 5.41) is 19.6. The SMILES string of the molecule is Cc1c2c(nn1CCN(C)N(C)C=O)CCN(C(=O)Nc1ccc(F)c(C#N)c1)C2. The van der Waals surface area contributed by atoms with Gasteiger partial charge in [0.25, 0.3) is 0 Å². The first-order chi connectivity index (χ1) is 14.3. The number of nitriles is 1. The predicted molar refractivity (Wildman–Crippen MR) is 108 cm³/mol. The maximum atomic E-state index is 13.5. The van der Waals surface area contributed by atoms with Crippen LogP contribution in [0, 0.1) is 24.1 Å². The maximum absolute atomic E-state index is 13.5. The second-order valence-corrected chi connectivity index (χ2v) is 7.20. The van der Waals surface area contributed by atoms with Crippen LogP contribution >= 0.6 is 0 Å². The van der Waals surface area contributed by atoms with Crippen molar-refractivity contribution >= 4 is 18.1 Å². The van der Waals surface area contributed by atoms with Crippen LogP contribution in [0.4, 0.5) is 14.9 Å². The highest BCUT2D eigenvalue weighted by atomic mass is 19.1. The molecule has 3 rings (SSSR count). The van der Waals surface area contributed by atoms with E-state index in [9.17, 15) is 14.0 Å². The van der Waals surface area contributed by atoms with Gasteiger partial charge in [-0.1, -0.05) is 0 Å². The summed E-state index contributed by atoms with van der Waals surface area (Å²) in [5.74, 6) is -0.619. The molecule has 0 saturated heterocycles. The molecule has 0 spiro atoms. The van der Waals surface area contributed by atoms with Crippen LogP contribution in [0.15, 0.2) is 18.2 Å². The lowest BCUT2D eigenvalue weighted by molar-refractivity contribution is -0.129. The first kappa shape index (κ1) is 21.3. The monoisotopic (exact) mass is 413 g/mol. The molecule has 0 bridgehead atoms. The van der Waals surface area contributed by atoms with Gasteiger partial charge in [0.05, 0.1) is 24.3 Å². The third-order valence-corrected chi connectivity index (χ3v) is 5.33. The maximum Gasteiger partial charge on any atom is 0.322 e. The Kier molecular flexibility index (Phi) is 6.32. The summed E-state index contributed by atoms with van der Waals surface area (Å²) in [6, 6.07) is 5.37. The number of hydrogen-bond donors (Lipinski definition) is 1. The summed E-state index contributed by atoms with van der Waals surface area (Å²) in [6.45, 7) is 4.13. The van der Waals surface area contributed by atoms with Crippen molar-refractivity contribution in [3.63, 3.8) is 0 Å². The Morgan fingerprint density at radius 3 is 2.90 bits per heavy atom. The highest BCUT2D eigenvalue weighted by Gasteiger charge is 2.26. The number of carbonyl (C=O) groups excluding carboxylic acids is 2. The fraction of sp³-hybridized carbons (Fsp3) is 0.400. The molecule has 0 unspecified atom stereocenters. The van der Waals surface area contributed by atoms with Crippen molar-refractivity contribution in [3.05, 3.63) is 46.5 Å². The van der Waals surface area contributed by atoms with E-state index in [0.717, 1.165) is 29.4 Å². The van der Waals surface area contributed by atoms with Crippen LogP contribution in [0.25, 0.3) is 0 Å². The lowest BCUT2D eigenvalue weighted by atomic mass is 10.1. The summed E-state index contributed by atoms with van der Waals surface area (Å²) in [4.78, 5) is 25.2. The van der Waals surface area contributed by atoms with E-state index in [4.69, 9.17) is 5.26 Å². The Hall–Kier alpha value is -3.45. The van der Waals surface area contributed by atoms with E-state index >= 15 is 0 Å². The molecule has 1 aliphatic heterocycles. The molecule has 0 atom stereocenters. The van der Waals surface area contributed by atoms with Crippen molar-refractivity contribution in [2.75, 3.05) is 32.5 Å². The van der Waals surface area contributed by atoms with E-state index in [-0.39, 0.29) is 11.6 Å². The number of likely N-dealkylation sites (N-methyl/N-ethyl adjacent to an activating group) is 1. The molecule has 9 nitrogen and oxygen atoms in total. The molecule has 30 heavy (non-hydrogen) atoms. The molecule has 158 valence electrons. The molecule has 2 heterocycles. The van der Waals surface area contributed by atoms with Gasteiger partial charge in [0.1, 0.15) is 11.9 Å². The van der Waals surface area contributed by atoms with Gasteiger partial charge in [-0.2, -0.15) is 10.4 Å². The number of rotatable bonds is 6. The zero-order valence-electron chi connectivity index (χ0n) is 17.2. The van der Waals surface area contributed by atoms with Crippen LogP contribution in [0.2, 0.25) is 0 Å². The van der Waals surface area contributed by atoms with E-state index < -0.39 is 5.82 Å². The molecular formula is C20H24FN7O2. The number of hydrogen-bond acceptors (Lipinski definition) is 5. The first-order valence-corrected chi connectivity index (χ1v) is 9.54. The summed E-state index contributed by atoms with van der Waals surface area (Å²) in [6.07, 6.45) is 1.38. The predicted octanol–water partition coefficient (Wildman–Crippen LogP) is 1.73. The van der Waals surface area contributed by atoms with Gasteiger partial charge < -0.3 is 10.2 Å². The Morgan fingerprint density at radius 2 is 2.20 bits per heavy atom. The van der Waals surface area contributed by atoms with Crippen molar-refractivity contribution in [3.8, 4) is 6.07 Å². The quantitative estimate of drug-likeness (QED) is 0.575. The topological polar surface area (TPSA) is 97.5 Å². The van der Waals surface area contributed by atoms with E-state index in [1.54, 1.807) is 23.0 Å². The zero-order valence-corrected chi connectivity index (χ0v) is 17.2. The second-order valence-electron chi connectivity index (χ2n) is 7.20. The normalized spacial score (nSPS) is 13.0. The lowest BCUT2D eigenvalue weighted by Crippen LogP contribution is -2.38. The number of halogens is 1. The van der Waals surface area contributed by atoms with Gasteiger partial charge in [0.15, 0.2) is 0 Å². The van der Waals surface area contributed by atoms with Crippen LogP contribution in [-0.2, 0) is 24.3 Å². The van der Waals surface area contributed by atoms with Crippen molar-refractivity contribution < 1.29 is 14.0 Å². The van der Waals surface area contributed by atoms with Crippen molar-refractivity contribution in [2.24, 2.45) is 0 Å². The summed E-state index contributed by atoms with van der Waals surface area (Å²) in [5.41, 5.74) is 3.23. The minimum Gasteiger partial charge on any atom is -0.320 e. The van der Waals surface area contributed by atoms with Crippen LogP contribution in [0.5, 0.6) is 0 Å². The second kappa shape index (κ2) is 8.92. The number of aromatic nitrogens is 2. The van der Waals surface area contributed by atoms with E-state index in [1.807, 2.05) is 18.7 Å². The molecule has 2 aromatic rings. The number of urea groups is 1. The van der Waals surface area contributed by atoms with Crippen LogP contribution in [0.3, 0.4) is 0 Å². The largest absolute Gasteiger partial charge is 0.322 e. The molecule has 0 radical (unpaired) electrons. The van der Waals surface area contributed by atoms with Crippen molar-refractivity contribution in [2.45, 2.75) is 26.4 Å². The molecule has 1 aromatic carbocycles. The van der Waals surface area contributed by atoms with Crippen LogP contribution in [0.1, 0.15) is 22.5 Å². The minimum atomic E-state index is -0.619. The molecule has 10 heteroatoms. The molecule has 1 aliphatic rings. The molecular weight excluding hydrogens is 389 g/mol. The third-order valence-electron chi connectivity index (χ3n) is 5.33. The fourth-order valence-electron chi connectivity index (χ4n) is 3.32. The van der Waals surface area contributed by atoms with E-state index in [1.165, 1.54) is 17.1 Å². The molecule has 0 aliphatic carbocycles. The summed E-state index contributed by atoms with van der Waals surface area (Å²) in [7, 11) is 3.51. The van der Waals surface area contributed by atoms with Gasteiger partial charge in [-0.25, -0.2) is 14.2 Å². The lowest BCUT2D eigenvalue weighted by Gasteiger charge is -2.27.